The predicted molar refractivity (Wildman–Crippen MR) is 82.0 cm³/mol. The molecule has 21 heavy (non-hydrogen) atoms. The van der Waals surface area contributed by atoms with Crippen molar-refractivity contribution >= 4 is 11.6 Å². The molecule has 2 heterocycles. The van der Waals surface area contributed by atoms with E-state index < -0.39 is 0 Å². The Balaban J connectivity index is 1.64. The second-order valence-corrected chi connectivity index (χ2v) is 5.47. The Morgan fingerprint density at radius 2 is 2.24 bits per heavy atom. The van der Waals surface area contributed by atoms with Gasteiger partial charge in [-0.3, -0.25) is 4.79 Å². The van der Waals surface area contributed by atoms with Crippen molar-refractivity contribution in [1.82, 2.24) is 14.9 Å². The van der Waals surface area contributed by atoms with Crippen LogP contribution in [0.3, 0.4) is 0 Å². The molecule has 0 fully saturated rings. The number of hydrogen-bond donors (Lipinski definition) is 1. The summed E-state index contributed by atoms with van der Waals surface area (Å²) >= 11 is 0. The van der Waals surface area contributed by atoms with Gasteiger partial charge in [0.15, 0.2) is 0 Å². The van der Waals surface area contributed by atoms with E-state index in [1.54, 1.807) is 6.33 Å². The summed E-state index contributed by atoms with van der Waals surface area (Å²) in [6.07, 6.45) is 4.52. The number of imidazole rings is 1. The predicted octanol–water partition coefficient (Wildman–Crippen LogP) is 1.49. The lowest BCUT2D eigenvalue weighted by Gasteiger charge is -2.22. The standard InChI is InChI=1S/C16H20N4O/c1-12(18-10-14-9-17-11-19(14)2)16(21)20-8-7-13-5-3-4-6-15(13)20/h3-6,9,11-12,18H,7-8,10H2,1-2H3/t12-/m1/s1. The number of hydrogen-bond acceptors (Lipinski definition) is 3. The second kappa shape index (κ2) is 5.69. The molecular formula is C16H20N4O. The van der Waals surface area contributed by atoms with E-state index in [0.29, 0.717) is 6.54 Å². The number of rotatable bonds is 4. The maximum atomic E-state index is 12.6. The van der Waals surface area contributed by atoms with Crippen LogP contribution in [0.5, 0.6) is 0 Å². The first-order valence-electron chi connectivity index (χ1n) is 7.24. The molecule has 1 aromatic carbocycles. The Hall–Kier alpha value is -2.14. The highest BCUT2D eigenvalue weighted by Gasteiger charge is 2.27. The third kappa shape index (κ3) is 2.69. The van der Waals surface area contributed by atoms with E-state index in [4.69, 9.17) is 0 Å². The van der Waals surface area contributed by atoms with Crippen LogP contribution in [-0.2, 0) is 24.8 Å². The second-order valence-electron chi connectivity index (χ2n) is 5.47. The molecule has 110 valence electrons. The third-order valence-electron chi connectivity index (χ3n) is 4.03. The minimum Gasteiger partial charge on any atom is -0.337 e. The smallest absolute Gasteiger partial charge is 0.243 e. The van der Waals surface area contributed by atoms with Crippen molar-refractivity contribution in [1.29, 1.82) is 0 Å². The Kier molecular flexibility index (Phi) is 3.75. The van der Waals surface area contributed by atoms with Gasteiger partial charge in [0, 0.05) is 32.0 Å². The molecule has 1 aliphatic rings. The van der Waals surface area contributed by atoms with Gasteiger partial charge in [-0.1, -0.05) is 18.2 Å². The molecule has 0 radical (unpaired) electrons. The van der Waals surface area contributed by atoms with Crippen molar-refractivity contribution in [3.63, 3.8) is 0 Å². The normalized spacial score (nSPS) is 15.0. The van der Waals surface area contributed by atoms with Crippen LogP contribution in [0.25, 0.3) is 0 Å². The maximum absolute atomic E-state index is 12.6. The van der Waals surface area contributed by atoms with Gasteiger partial charge in [0.2, 0.25) is 5.91 Å². The molecule has 1 atom stereocenters. The fourth-order valence-electron chi connectivity index (χ4n) is 2.70. The Morgan fingerprint density at radius 3 is 3.00 bits per heavy atom. The molecule has 1 aliphatic heterocycles. The number of aryl methyl sites for hydroxylation is 1. The van der Waals surface area contributed by atoms with Crippen LogP contribution >= 0.6 is 0 Å². The van der Waals surface area contributed by atoms with E-state index in [9.17, 15) is 4.79 Å². The molecule has 0 spiro atoms. The van der Waals surface area contributed by atoms with Crippen LogP contribution in [0.1, 0.15) is 18.2 Å². The molecule has 0 saturated carbocycles. The zero-order valence-electron chi connectivity index (χ0n) is 12.4. The summed E-state index contributed by atoms with van der Waals surface area (Å²) in [5, 5.41) is 3.28. The maximum Gasteiger partial charge on any atom is 0.243 e. The quantitative estimate of drug-likeness (QED) is 0.925. The third-order valence-corrected chi connectivity index (χ3v) is 4.03. The van der Waals surface area contributed by atoms with Gasteiger partial charge < -0.3 is 14.8 Å². The highest BCUT2D eigenvalue weighted by atomic mass is 16.2. The van der Waals surface area contributed by atoms with Crippen LogP contribution in [0, 0.1) is 0 Å². The minimum absolute atomic E-state index is 0.127. The lowest BCUT2D eigenvalue weighted by Crippen LogP contribution is -2.44. The van der Waals surface area contributed by atoms with Gasteiger partial charge in [-0.05, 0) is 25.0 Å². The van der Waals surface area contributed by atoms with E-state index in [2.05, 4.69) is 16.4 Å². The number of aromatic nitrogens is 2. The number of anilines is 1. The molecule has 0 unspecified atom stereocenters. The first-order chi connectivity index (χ1) is 10.2. The number of para-hydroxylation sites is 1. The SMILES string of the molecule is C[C@@H](NCc1cncn1C)C(=O)N1CCc2ccccc21. The summed E-state index contributed by atoms with van der Waals surface area (Å²) in [5.74, 6) is 0.127. The zero-order valence-corrected chi connectivity index (χ0v) is 12.4. The van der Waals surface area contributed by atoms with Gasteiger partial charge in [0.1, 0.15) is 0 Å². The van der Waals surface area contributed by atoms with Crippen LogP contribution in [0.4, 0.5) is 5.69 Å². The van der Waals surface area contributed by atoms with Crippen LogP contribution in [0.15, 0.2) is 36.8 Å². The summed E-state index contributed by atoms with van der Waals surface area (Å²) in [6, 6.07) is 7.91. The largest absolute Gasteiger partial charge is 0.337 e. The molecule has 0 aliphatic carbocycles. The highest BCUT2D eigenvalue weighted by molar-refractivity contribution is 5.98. The Morgan fingerprint density at radius 1 is 1.43 bits per heavy atom. The average Bonchev–Trinajstić information content (AvgIpc) is 3.10. The van der Waals surface area contributed by atoms with E-state index in [1.165, 1.54) is 5.56 Å². The summed E-state index contributed by atoms with van der Waals surface area (Å²) < 4.78 is 1.95. The van der Waals surface area contributed by atoms with E-state index in [1.807, 2.05) is 47.8 Å². The summed E-state index contributed by atoms with van der Waals surface area (Å²) in [5.41, 5.74) is 3.37. The van der Waals surface area contributed by atoms with Gasteiger partial charge in [-0.2, -0.15) is 0 Å². The van der Waals surface area contributed by atoms with Crippen molar-refractivity contribution in [3.05, 3.63) is 48.0 Å². The van der Waals surface area contributed by atoms with Crippen LogP contribution in [-0.4, -0.2) is 28.0 Å². The average molecular weight is 284 g/mol. The molecule has 1 amide bonds. The lowest BCUT2D eigenvalue weighted by atomic mass is 10.2. The van der Waals surface area contributed by atoms with Crippen molar-refractivity contribution in [2.45, 2.75) is 25.9 Å². The molecular weight excluding hydrogens is 264 g/mol. The molecule has 2 aromatic rings. The monoisotopic (exact) mass is 284 g/mol. The van der Waals surface area contributed by atoms with Gasteiger partial charge in [0.05, 0.1) is 18.1 Å². The molecule has 1 N–H and O–H groups in total. The molecule has 0 saturated heterocycles. The highest BCUT2D eigenvalue weighted by Crippen LogP contribution is 2.27. The van der Waals surface area contributed by atoms with Gasteiger partial charge in [-0.15, -0.1) is 0 Å². The molecule has 3 rings (SSSR count). The molecule has 1 aromatic heterocycles. The lowest BCUT2D eigenvalue weighted by molar-refractivity contribution is -0.120. The topological polar surface area (TPSA) is 50.2 Å². The van der Waals surface area contributed by atoms with Crippen LogP contribution in [0.2, 0.25) is 0 Å². The number of amides is 1. The first kappa shape index (κ1) is 13.8. The van der Waals surface area contributed by atoms with Crippen molar-refractivity contribution in [2.75, 3.05) is 11.4 Å². The Labute approximate surface area is 124 Å². The van der Waals surface area contributed by atoms with E-state index in [0.717, 1.165) is 24.3 Å². The van der Waals surface area contributed by atoms with E-state index >= 15 is 0 Å². The molecule has 5 heteroatoms. The summed E-state index contributed by atoms with van der Waals surface area (Å²) in [6.45, 7) is 3.33. The van der Waals surface area contributed by atoms with Crippen LogP contribution < -0.4 is 10.2 Å². The number of carbonyl (C=O) groups excluding carboxylic acids is 1. The Bertz CT molecular complexity index is 649. The number of fused-ring (bicyclic) bond motifs is 1. The fourth-order valence-corrected chi connectivity index (χ4v) is 2.70. The molecule has 0 bridgehead atoms. The summed E-state index contributed by atoms with van der Waals surface area (Å²) in [4.78, 5) is 18.6. The van der Waals surface area contributed by atoms with Gasteiger partial charge in [-0.25, -0.2) is 4.98 Å². The fraction of sp³-hybridized carbons (Fsp3) is 0.375. The zero-order chi connectivity index (χ0) is 14.8. The number of benzene rings is 1. The number of nitrogens with one attached hydrogen (secondary N) is 1. The van der Waals surface area contributed by atoms with Gasteiger partial charge in [0.25, 0.3) is 0 Å². The molecule has 5 nitrogen and oxygen atoms in total. The minimum atomic E-state index is -0.217. The van der Waals surface area contributed by atoms with E-state index in [-0.39, 0.29) is 11.9 Å². The number of carbonyl (C=O) groups is 1. The van der Waals surface area contributed by atoms with Gasteiger partial charge >= 0.3 is 0 Å². The number of nitrogens with zero attached hydrogens (tertiary/aromatic N) is 3. The van der Waals surface area contributed by atoms with Crippen molar-refractivity contribution in [2.24, 2.45) is 7.05 Å². The van der Waals surface area contributed by atoms with Crippen molar-refractivity contribution < 1.29 is 4.79 Å². The van der Waals surface area contributed by atoms with Crippen molar-refractivity contribution in [3.8, 4) is 0 Å². The first-order valence-corrected chi connectivity index (χ1v) is 7.24. The summed E-state index contributed by atoms with van der Waals surface area (Å²) in [7, 11) is 1.95.